The average molecular weight is 595 g/mol. The fourth-order valence-electron chi connectivity index (χ4n) is 3.86. The zero-order valence-corrected chi connectivity index (χ0v) is 23.9. The smallest absolute Gasteiger partial charge is 0.102 e. The highest BCUT2D eigenvalue weighted by atomic mass is 32.1. The molecule has 0 spiro atoms. The van der Waals surface area contributed by atoms with Gasteiger partial charge in [0, 0.05) is 49.8 Å². The number of rotatable bonds is 5. The maximum atomic E-state index is 9.50. The molecule has 0 saturated carbocycles. The van der Waals surface area contributed by atoms with Crippen LogP contribution in [0, 0.1) is 45.3 Å². The molecule has 0 aromatic carbocycles. The molecule has 6 rings (SSSR count). The lowest BCUT2D eigenvalue weighted by Gasteiger charge is -1.94. The highest BCUT2D eigenvalue weighted by Crippen LogP contribution is 2.46. The van der Waals surface area contributed by atoms with Gasteiger partial charge in [0.15, 0.2) is 0 Å². The van der Waals surface area contributed by atoms with Gasteiger partial charge in [0.25, 0.3) is 0 Å². The predicted octanol–water partition coefficient (Wildman–Crippen LogP) is 9.88. The summed E-state index contributed by atoms with van der Waals surface area (Å²) in [6, 6.07) is 25.3. The van der Waals surface area contributed by atoms with E-state index < -0.39 is 0 Å². The minimum absolute atomic E-state index is 0.431. The van der Waals surface area contributed by atoms with E-state index in [1.165, 1.54) is 32.4 Å². The first kappa shape index (κ1) is 24.5. The molecule has 0 atom stereocenters. The van der Waals surface area contributed by atoms with Crippen LogP contribution in [0.15, 0.2) is 59.3 Å². The Labute approximate surface area is 242 Å². The van der Waals surface area contributed by atoms with E-state index in [1.54, 1.807) is 56.1 Å². The Kier molecular flexibility index (Phi) is 6.54. The summed E-state index contributed by atoms with van der Waals surface area (Å²) in [5.41, 5.74) is 1.77. The second-order valence-electron chi connectivity index (χ2n) is 7.81. The van der Waals surface area contributed by atoms with Gasteiger partial charge in [-0.05, 0) is 48.5 Å². The highest BCUT2D eigenvalue weighted by Gasteiger charge is 2.18. The molecule has 0 bridgehead atoms. The summed E-state index contributed by atoms with van der Waals surface area (Å²) >= 11 is 9.61. The van der Waals surface area contributed by atoms with Crippen LogP contribution in [0.1, 0.15) is 22.3 Å². The van der Waals surface area contributed by atoms with Crippen LogP contribution in [-0.4, -0.2) is 0 Å². The van der Waals surface area contributed by atoms with Crippen LogP contribution in [0.5, 0.6) is 0 Å². The maximum absolute atomic E-state index is 9.50. The molecule has 4 nitrogen and oxygen atoms in total. The summed E-state index contributed by atoms with van der Waals surface area (Å²) < 4.78 is 0. The molecule has 0 aliphatic carbocycles. The molecule has 0 radical (unpaired) electrons. The van der Waals surface area contributed by atoms with Crippen molar-refractivity contribution in [1.82, 2.24) is 0 Å². The van der Waals surface area contributed by atoms with E-state index in [2.05, 4.69) is 60.7 Å². The predicted molar refractivity (Wildman–Crippen MR) is 160 cm³/mol. The Hall–Kier alpha value is -3.84. The molecule has 0 fully saturated rings. The zero-order valence-electron chi connectivity index (χ0n) is 19.0. The summed E-state index contributed by atoms with van der Waals surface area (Å²) in [7, 11) is 0. The quantitative estimate of drug-likeness (QED) is 0.198. The van der Waals surface area contributed by atoms with Crippen molar-refractivity contribution >= 4 is 68.0 Å². The Balaban J connectivity index is 1.25. The molecule has 10 heteroatoms. The normalized spacial score (nSPS) is 10.5. The average Bonchev–Trinajstić information content (AvgIpc) is 3.78. The van der Waals surface area contributed by atoms with Crippen LogP contribution >= 0.6 is 68.0 Å². The van der Waals surface area contributed by atoms with Crippen LogP contribution in [-0.2, 0) is 0 Å². The minimum Gasteiger partial charge on any atom is -0.192 e. The van der Waals surface area contributed by atoms with Gasteiger partial charge >= 0.3 is 0 Å². The van der Waals surface area contributed by atoms with Crippen molar-refractivity contribution in [1.29, 1.82) is 21.0 Å². The van der Waals surface area contributed by atoms with Crippen LogP contribution < -0.4 is 0 Å². The van der Waals surface area contributed by atoms with Gasteiger partial charge in [-0.25, -0.2) is 0 Å². The van der Waals surface area contributed by atoms with Crippen molar-refractivity contribution in [3.63, 3.8) is 0 Å². The Morgan fingerprint density at radius 1 is 0.395 bits per heavy atom. The first-order valence-corrected chi connectivity index (χ1v) is 15.9. The second-order valence-corrected chi connectivity index (χ2v) is 13.9. The number of nitrogens with zero attached hydrogens (tertiary/aromatic N) is 4. The molecule has 0 N–H and O–H groups in total. The van der Waals surface area contributed by atoms with Crippen molar-refractivity contribution in [3.8, 4) is 73.0 Å². The summed E-state index contributed by atoms with van der Waals surface area (Å²) in [6.45, 7) is 0. The molecule has 0 aliphatic rings. The Bertz CT molecular complexity index is 1850. The first-order valence-electron chi connectivity index (χ1n) is 10.9. The van der Waals surface area contributed by atoms with Crippen molar-refractivity contribution in [2.75, 3.05) is 0 Å². The van der Waals surface area contributed by atoms with E-state index in [9.17, 15) is 21.0 Å². The van der Waals surface area contributed by atoms with Gasteiger partial charge in [-0.3, -0.25) is 0 Å². The standard InChI is InChI=1S/C28H10N4S6/c29-9-15-13-33-27(17(15)11-31)25-7-5-23(37-25)21-3-1-19(35-21)20-2-4-22(36-20)24-6-8-26(38-24)28-18(12-32)16(10-30)14-34-28/h1-8,13-14H. The fraction of sp³-hybridized carbons (Fsp3) is 0. The monoisotopic (exact) mass is 594 g/mol. The molecule has 0 saturated heterocycles. The van der Waals surface area contributed by atoms with E-state index in [1.807, 2.05) is 12.1 Å². The number of hydrogen-bond donors (Lipinski definition) is 0. The summed E-state index contributed by atoms with van der Waals surface area (Å²) in [6.07, 6.45) is 0. The lowest BCUT2D eigenvalue weighted by Crippen LogP contribution is -1.77. The van der Waals surface area contributed by atoms with E-state index in [0.717, 1.165) is 39.0 Å². The molecule has 178 valence electrons. The molecular weight excluding hydrogens is 585 g/mol. The van der Waals surface area contributed by atoms with Crippen LogP contribution in [0.4, 0.5) is 0 Å². The van der Waals surface area contributed by atoms with Crippen molar-refractivity contribution in [2.24, 2.45) is 0 Å². The van der Waals surface area contributed by atoms with Crippen molar-refractivity contribution in [3.05, 3.63) is 81.5 Å². The third-order valence-corrected chi connectivity index (χ3v) is 12.9. The van der Waals surface area contributed by atoms with Gasteiger partial charge in [0.2, 0.25) is 0 Å². The van der Waals surface area contributed by atoms with Gasteiger partial charge in [0.1, 0.15) is 24.3 Å². The van der Waals surface area contributed by atoms with Crippen LogP contribution in [0.25, 0.3) is 48.8 Å². The Morgan fingerprint density at radius 3 is 0.974 bits per heavy atom. The van der Waals surface area contributed by atoms with Gasteiger partial charge in [-0.2, -0.15) is 21.0 Å². The van der Waals surface area contributed by atoms with E-state index in [4.69, 9.17) is 0 Å². The van der Waals surface area contributed by atoms with Gasteiger partial charge < -0.3 is 0 Å². The third kappa shape index (κ3) is 4.21. The molecule has 38 heavy (non-hydrogen) atoms. The van der Waals surface area contributed by atoms with Gasteiger partial charge in [-0.15, -0.1) is 68.0 Å². The molecule has 0 aliphatic heterocycles. The first-order chi connectivity index (χ1) is 18.6. The maximum Gasteiger partial charge on any atom is 0.102 e. The summed E-state index contributed by atoms with van der Waals surface area (Å²) in [4.78, 5) is 10.7. The lowest BCUT2D eigenvalue weighted by molar-refractivity contribution is 1.47. The molecular formula is C28H10N4S6. The molecule has 6 aromatic rings. The molecule has 0 unspecified atom stereocenters. The van der Waals surface area contributed by atoms with Gasteiger partial charge in [0.05, 0.1) is 32.0 Å². The van der Waals surface area contributed by atoms with Crippen LogP contribution in [0.2, 0.25) is 0 Å². The topological polar surface area (TPSA) is 95.2 Å². The zero-order chi connectivity index (χ0) is 26.2. The van der Waals surface area contributed by atoms with E-state index in [0.29, 0.717) is 22.3 Å². The van der Waals surface area contributed by atoms with E-state index >= 15 is 0 Å². The number of hydrogen-bond acceptors (Lipinski definition) is 10. The molecule has 6 aromatic heterocycles. The third-order valence-electron chi connectivity index (χ3n) is 5.65. The number of thiophene rings is 6. The van der Waals surface area contributed by atoms with E-state index in [-0.39, 0.29) is 0 Å². The Morgan fingerprint density at radius 2 is 0.684 bits per heavy atom. The van der Waals surface area contributed by atoms with Gasteiger partial charge in [-0.1, -0.05) is 0 Å². The SMILES string of the molecule is N#Cc1csc(-c2ccc(-c3ccc(-c4ccc(-c5ccc(-c6scc(C#N)c6C#N)s5)s4)s3)s2)c1C#N. The van der Waals surface area contributed by atoms with Crippen LogP contribution in [0.3, 0.4) is 0 Å². The molecule has 6 heterocycles. The number of nitriles is 4. The minimum atomic E-state index is 0.431. The van der Waals surface area contributed by atoms with Crippen molar-refractivity contribution < 1.29 is 0 Å². The summed E-state index contributed by atoms with van der Waals surface area (Å²) in [5, 5.41) is 41.0. The summed E-state index contributed by atoms with van der Waals surface area (Å²) in [5.74, 6) is 0. The van der Waals surface area contributed by atoms with Crippen molar-refractivity contribution in [2.45, 2.75) is 0 Å². The largest absolute Gasteiger partial charge is 0.192 e. The second kappa shape index (κ2) is 10.1. The highest BCUT2D eigenvalue weighted by molar-refractivity contribution is 7.30. The lowest BCUT2D eigenvalue weighted by atomic mass is 10.1. The fourth-order valence-corrected chi connectivity index (χ4v) is 10.3. The molecule has 0 amide bonds.